The Hall–Kier alpha value is -2.13. The van der Waals surface area contributed by atoms with Gasteiger partial charge in [0.2, 0.25) is 0 Å². The molecule has 3 rings (SSSR count). The fraction of sp³-hybridized carbons (Fsp3) is 0.421. The van der Waals surface area contributed by atoms with Gasteiger partial charge in [-0.15, -0.1) is 0 Å². The summed E-state index contributed by atoms with van der Waals surface area (Å²) in [6.45, 7) is 6.53. The van der Waals surface area contributed by atoms with Crippen molar-refractivity contribution in [3.05, 3.63) is 33.1 Å². The molecule has 0 unspecified atom stereocenters. The third-order valence-corrected chi connectivity index (χ3v) is 5.69. The number of fused-ring (bicyclic) bond motifs is 1. The van der Waals surface area contributed by atoms with Gasteiger partial charge in [-0.2, -0.15) is 0 Å². The number of carbonyl (C=O) groups excluding carboxylic acids is 1. The van der Waals surface area contributed by atoms with E-state index in [0.717, 1.165) is 0 Å². The fourth-order valence-electron chi connectivity index (χ4n) is 3.13. The highest BCUT2D eigenvalue weighted by Crippen LogP contribution is 2.39. The van der Waals surface area contributed by atoms with Crippen LogP contribution in [-0.2, 0) is 4.74 Å². The Kier molecular flexibility index (Phi) is 5.91. The monoisotopic (exact) mass is 487 g/mol. The van der Waals surface area contributed by atoms with E-state index in [1.165, 1.54) is 0 Å². The molecule has 0 spiro atoms. The summed E-state index contributed by atoms with van der Waals surface area (Å²) in [5, 5.41) is 9.94. The van der Waals surface area contributed by atoms with Gasteiger partial charge in [-0.1, -0.05) is 11.6 Å². The minimum Gasteiger partial charge on any atom is -0.476 e. The molecule has 10 heteroatoms. The molecule has 29 heavy (non-hydrogen) atoms. The number of amides is 1. The number of aromatic nitrogens is 1. The van der Waals surface area contributed by atoms with Gasteiger partial charge in [0.05, 0.1) is 16.2 Å². The van der Waals surface area contributed by atoms with E-state index in [1.54, 1.807) is 42.7 Å². The molecule has 0 aliphatic carbocycles. The minimum atomic E-state index is -1.46. The summed E-state index contributed by atoms with van der Waals surface area (Å²) < 4.78 is 21.1. The lowest BCUT2D eigenvalue weighted by Gasteiger charge is -2.37. The van der Waals surface area contributed by atoms with Crippen LogP contribution in [0.3, 0.4) is 0 Å². The number of carbonyl (C=O) groups is 2. The molecule has 1 fully saturated rings. The van der Waals surface area contributed by atoms with Crippen LogP contribution in [0.2, 0.25) is 5.02 Å². The smallest absolute Gasteiger partial charge is 0.410 e. The zero-order valence-corrected chi connectivity index (χ0v) is 18.5. The van der Waals surface area contributed by atoms with Gasteiger partial charge >= 0.3 is 12.1 Å². The van der Waals surface area contributed by atoms with Crippen molar-refractivity contribution in [3.63, 3.8) is 0 Å². The van der Waals surface area contributed by atoms with E-state index in [4.69, 9.17) is 16.3 Å². The topological polar surface area (TPSA) is 83.0 Å². The van der Waals surface area contributed by atoms with Crippen LogP contribution < -0.4 is 4.90 Å². The van der Waals surface area contributed by atoms with Crippen molar-refractivity contribution in [1.82, 2.24) is 9.88 Å². The van der Waals surface area contributed by atoms with E-state index in [0.29, 0.717) is 22.9 Å². The lowest BCUT2D eigenvalue weighted by Crippen LogP contribution is -2.50. The molecule has 0 saturated carbocycles. The summed E-state index contributed by atoms with van der Waals surface area (Å²) in [6, 6.07) is 3.21. The van der Waals surface area contributed by atoms with E-state index in [2.05, 4.69) is 20.9 Å². The standard InChI is InChI=1S/C19H20BrClFN3O4/c1-19(2,3)29-18(28)25-8-6-24(7-9-25)16-12-11(5-4-10(20)13(12)21)23-15(14(16)22)17(26)27/h4-5H,6-9H2,1-3H3,(H,26,27). The summed E-state index contributed by atoms with van der Waals surface area (Å²) in [5.74, 6) is -2.41. The molecule has 1 aromatic heterocycles. The van der Waals surface area contributed by atoms with Gasteiger partial charge < -0.3 is 19.6 Å². The third-order valence-electron chi connectivity index (χ3n) is 4.41. The number of ether oxygens (including phenoxy) is 1. The maximum atomic E-state index is 15.2. The van der Waals surface area contributed by atoms with Crippen LogP contribution in [0.5, 0.6) is 0 Å². The molecule has 0 bridgehead atoms. The number of hydrogen-bond donors (Lipinski definition) is 1. The third kappa shape index (κ3) is 4.40. The van der Waals surface area contributed by atoms with Gasteiger partial charge in [0.1, 0.15) is 5.60 Å². The van der Waals surface area contributed by atoms with Gasteiger partial charge in [0, 0.05) is 36.0 Å². The van der Waals surface area contributed by atoms with Gasteiger partial charge in [-0.05, 0) is 48.8 Å². The van der Waals surface area contributed by atoms with Crippen molar-refractivity contribution >= 4 is 56.2 Å². The van der Waals surface area contributed by atoms with Crippen molar-refractivity contribution in [2.75, 3.05) is 31.1 Å². The molecule has 1 saturated heterocycles. The first-order valence-corrected chi connectivity index (χ1v) is 10.1. The van der Waals surface area contributed by atoms with Gasteiger partial charge in [0.15, 0.2) is 11.5 Å². The van der Waals surface area contributed by atoms with Crippen LogP contribution in [0, 0.1) is 5.82 Å². The first kappa shape index (κ1) is 21.6. The average Bonchev–Trinajstić information content (AvgIpc) is 2.63. The van der Waals surface area contributed by atoms with Crippen LogP contribution in [0.15, 0.2) is 16.6 Å². The second-order valence-electron chi connectivity index (χ2n) is 7.64. The number of nitrogens with zero attached hydrogens (tertiary/aromatic N) is 3. The Bertz CT molecular complexity index is 988. The molecular weight excluding hydrogens is 469 g/mol. The molecule has 0 atom stereocenters. The number of rotatable bonds is 2. The van der Waals surface area contributed by atoms with Crippen LogP contribution in [0.4, 0.5) is 14.9 Å². The number of pyridine rings is 1. The molecule has 0 radical (unpaired) electrons. The van der Waals surface area contributed by atoms with Crippen LogP contribution in [0.1, 0.15) is 31.3 Å². The molecular formula is C19H20BrClFN3O4. The summed E-state index contributed by atoms with van der Waals surface area (Å²) in [7, 11) is 0. The van der Waals surface area contributed by atoms with E-state index >= 15 is 4.39 Å². The van der Waals surface area contributed by atoms with E-state index in [-0.39, 0.29) is 29.3 Å². The first-order valence-electron chi connectivity index (χ1n) is 8.93. The molecule has 7 nitrogen and oxygen atoms in total. The predicted octanol–water partition coefficient (Wildman–Crippen LogP) is 4.55. The van der Waals surface area contributed by atoms with Gasteiger partial charge in [0.25, 0.3) is 0 Å². The number of piperazine rings is 1. The maximum Gasteiger partial charge on any atom is 0.410 e. The van der Waals surface area contributed by atoms with Crippen LogP contribution in [-0.4, -0.2) is 58.8 Å². The molecule has 156 valence electrons. The Morgan fingerprint density at radius 1 is 1.24 bits per heavy atom. The highest BCUT2D eigenvalue weighted by molar-refractivity contribution is 9.10. The van der Waals surface area contributed by atoms with Gasteiger partial charge in [-0.25, -0.2) is 19.0 Å². The molecule has 1 aromatic carbocycles. The lowest BCUT2D eigenvalue weighted by atomic mass is 10.1. The van der Waals surface area contributed by atoms with E-state index in [9.17, 15) is 14.7 Å². The lowest BCUT2D eigenvalue weighted by molar-refractivity contribution is 0.0240. The zero-order chi connectivity index (χ0) is 21.5. The van der Waals surface area contributed by atoms with Crippen molar-refractivity contribution in [1.29, 1.82) is 0 Å². The highest BCUT2D eigenvalue weighted by Gasteiger charge is 2.30. The zero-order valence-electron chi connectivity index (χ0n) is 16.1. The Balaban J connectivity index is 1.98. The van der Waals surface area contributed by atoms with Crippen molar-refractivity contribution < 1.29 is 23.8 Å². The van der Waals surface area contributed by atoms with Gasteiger partial charge in [-0.3, -0.25) is 0 Å². The Morgan fingerprint density at radius 2 is 1.86 bits per heavy atom. The second kappa shape index (κ2) is 7.95. The molecule has 2 aromatic rings. The fourth-order valence-corrected chi connectivity index (χ4v) is 3.71. The Labute approximate surface area is 180 Å². The van der Waals surface area contributed by atoms with Crippen molar-refractivity contribution in [2.24, 2.45) is 0 Å². The predicted molar refractivity (Wildman–Crippen MR) is 111 cm³/mol. The quantitative estimate of drug-likeness (QED) is 0.668. The first-order chi connectivity index (χ1) is 13.5. The van der Waals surface area contributed by atoms with Crippen molar-refractivity contribution in [3.8, 4) is 0 Å². The average molecular weight is 489 g/mol. The maximum absolute atomic E-state index is 15.2. The number of carboxylic acid groups (broad SMARTS) is 1. The molecule has 1 amide bonds. The summed E-state index contributed by atoms with van der Waals surface area (Å²) in [4.78, 5) is 30.9. The number of benzene rings is 1. The Morgan fingerprint density at radius 3 is 2.41 bits per heavy atom. The molecule has 1 N–H and O–H groups in total. The van der Waals surface area contributed by atoms with Crippen LogP contribution in [0.25, 0.3) is 10.9 Å². The number of carboxylic acids is 1. The molecule has 1 aliphatic rings. The summed E-state index contributed by atoms with van der Waals surface area (Å²) >= 11 is 9.71. The second-order valence-corrected chi connectivity index (χ2v) is 8.87. The summed E-state index contributed by atoms with van der Waals surface area (Å²) in [5.41, 5.74) is -0.928. The number of hydrogen-bond acceptors (Lipinski definition) is 5. The van der Waals surface area contributed by atoms with Crippen molar-refractivity contribution in [2.45, 2.75) is 26.4 Å². The molecule has 1 aliphatic heterocycles. The normalized spacial score (nSPS) is 15.0. The number of anilines is 1. The minimum absolute atomic E-state index is 0.0718. The largest absolute Gasteiger partial charge is 0.476 e. The van der Waals surface area contributed by atoms with Crippen LogP contribution >= 0.6 is 27.5 Å². The number of aromatic carboxylic acids is 1. The van der Waals surface area contributed by atoms with E-state index < -0.39 is 29.2 Å². The number of halogens is 3. The highest BCUT2D eigenvalue weighted by atomic mass is 79.9. The SMILES string of the molecule is CC(C)(C)OC(=O)N1CCN(c2c(F)c(C(=O)O)nc3ccc(Br)c(Cl)c23)CC1. The van der Waals surface area contributed by atoms with E-state index in [1.807, 2.05) is 0 Å². The molecule has 2 heterocycles. The summed E-state index contributed by atoms with van der Waals surface area (Å²) in [6.07, 6.45) is -0.441.